The summed E-state index contributed by atoms with van der Waals surface area (Å²) in [5.74, 6) is -0.303. The van der Waals surface area contributed by atoms with Crippen molar-refractivity contribution < 1.29 is 19.6 Å². The van der Waals surface area contributed by atoms with Crippen molar-refractivity contribution in [2.45, 2.75) is 25.8 Å². The number of hydrogen-bond acceptors (Lipinski definition) is 6. The lowest BCUT2D eigenvalue weighted by atomic mass is 9.76. The first-order valence-electron chi connectivity index (χ1n) is 8.92. The average Bonchev–Trinajstić information content (AvgIpc) is 2.72. The van der Waals surface area contributed by atoms with Crippen LogP contribution in [0.25, 0.3) is 0 Å². The summed E-state index contributed by atoms with van der Waals surface area (Å²) in [6, 6.07) is 12.2. The Morgan fingerprint density at radius 2 is 1.93 bits per heavy atom. The van der Waals surface area contributed by atoms with E-state index in [4.69, 9.17) is 21.6 Å². The SMILES string of the molecule is CCCc1ccc(OCC(C#N)NC(=O)c2ccc(C#N)cc2)c(Cl)c1B(O)O. The lowest BCUT2D eigenvalue weighted by Crippen LogP contribution is -2.38. The number of benzene rings is 2. The van der Waals surface area contributed by atoms with Gasteiger partial charge in [-0.1, -0.05) is 31.0 Å². The fourth-order valence-electron chi connectivity index (χ4n) is 2.71. The number of nitrogens with one attached hydrogen (secondary N) is 1. The number of rotatable bonds is 8. The molecule has 1 unspecified atom stereocenters. The van der Waals surface area contributed by atoms with Crippen molar-refractivity contribution in [3.05, 3.63) is 58.1 Å². The highest BCUT2D eigenvalue weighted by Gasteiger charge is 2.23. The van der Waals surface area contributed by atoms with Crippen LogP contribution in [0.3, 0.4) is 0 Å². The topological polar surface area (TPSA) is 126 Å². The third-order valence-corrected chi connectivity index (χ3v) is 4.54. The molecule has 0 spiro atoms. The number of ether oxygens (including phenoxy) is 1. The number of carbonyl (C=O) groups is 1. The van der Waals surface area contributed by atoms with E-state index in [1.165, 1.54) is 24.3 Å². The maximum absolute atomic E-state index is 12.3. The molecule has 148 valence electrons. The molecule has 0 aliphatic heterocycles. The molecule has 0 heterocycles. The van der Waals surface area contributed by atoms with Crippen LogP contribution in [0.4, 0.5) is 0 Å². The van der Waals surface area contributed by atoms with Gasteiger partial charge in [0.15, 0.2) is 6.04 Å². The Kier molecular flexibility index (Phi) is 8.05. The Bertz CT molecular complexity index is 952. The summed E-state index contributed by atoms with van der Waals surface area (Å²) < 4.78 is 5.55. The van der Waals surface area contributed by atoms with Gasteiger partial charge in [0.2, 0.25) is 0 Å². The molecule has 7 nitrogen and oxygen atoms in total. The Labute approximate surface area is 174 Å². The van der Waals surface area contributed by atoms with E-state index in [-0.39, 0.29) is 22.8 Å². The van der Waals surface area contributed by atoms with Gasteiger partial charge in [0.25, 0.3) is 5.91 Å². The molecule has 2 rings (SSSR count). The largest absolute Gasteiger partial charge is 0.490 e. The van der Waals surface area contributed by atoms with Crippen LogP contribution in [0.2, 0.25) is 5.02 Å². The van der Waals surface area contributed by atoms with Crippen LogP contribution in [0, 0.1) is 22.7 Å². The monoisotopic (exact) mass is 411 g/mol. The van der Waals surface area contributed by atoms with Gasteiger partial charge in [0.05, 0.1) is 22.7 Å². The van der Waals surface area contributed by atoms with Crippen molar-refractivity contribution in [3.63, 3.8) is 0 Å². The molecule has 0 aliphatic rings. The first kappa shape index (κ1) is 22.3. The summed E-state index contributed by atoms with van der Waals surface area (Å²) in [6.07, 6.45) is 1.42. The van der Waals surface area contributed by atoms with Crippen LogP contribution in [-0.4, -0.2) is 35.7 Å². The smallest absolute Gasteiger partial charge is 0.489 e. The third-order valence-electron chi connectivity index (χ3n) is 4.16. The van der Waals surface area contributed by atoms with Gasteiger partial charge >= 0.3 is 7.12 Å². The van der Waals surface area contributed by atoms with Gasteiger partial charge in [-0.15, -0.1) is 0 Å². The van der Waals surface area contributed by atoms with Gasteiger partial charge in [-0.05, 0) is 42.3 Å². The van der Waals surface area contributed by atoms with E-state index in [0.717, 1.165) is 6.42 Å². The highest BCUT2D eigenvalue weighted by molar-refractivity contribution is 6.63. The Morgan fingerprint density at radius 1 is 1.24 bits per heavy atom. The van der Waals surface area contributed by atoms with Gasteiger partial charge in [0, 0.05) is 11.0 Å². The molecule has 1 amide bonds. The molecule has 2 aromatic carbocycles. The molecule has 0 saturated carbocycles. The lowest BCUT2D eigenvalue weighted by Gasteiger charge is -2.17. The lowest BCUT2D eigenvalue weighted by molar-refractivity contribution is 0.0934. The minimum atomic E-state index is -1.75. The zero-order valence-electron chi connectivity index (χ0n) is 15.7. The maximum atomic E-state index is 12.3. The molecule has 2 aromatic rings. The van der Waals surface area contributed by atoms with E-state index in [9.17, 15) is 20.1 Å². The first-order chi connectivity index (χ1) is 13.9. The fraction of sp³-hybridized carbons (Fsp3) is 0.250. The molecular weight excluding hydrogens is 393 g/mol. The van der Waals surface area contributed by atoms with Crippen molar-refractivity contribution in [1.29, 1.82) is 10.5 Å². The van der Waals surface area contributed by atoms with Crippen molar-refractivity contribution in [1.82, 2.24) is 5.32 Å². The zero-order chi connectivity index (χ0) is 21.4. The van der Waals surface area contributed by atoms with Crippen LogP contribution in [0.5, 0.6) is 5.75 Å². The molecule has 1 atom stereocenters. The molecule has 0 aromatic heterocycles. The average molecular weight is 412 g/mol. The summed E-state index contributed by atoms with van der Waals surface area (Å²) in [5.41, 5.74) is 1.59. The first-order valence-corrected chi connectivity index (χ1v) is 9.29. The van der Waals surface area contributed by atoms with Crippen LogP contribution in [0.1, 0.15) is 34.8 Å². The second-order valence-corrected chi connectivity index (χ2v) is 6.61. The van der Waals surface area contributed by atoms with Crippen LogP contribution >= 0.6 is 11.6 Å². The van der Waals surface area contributed by atoms with E-state index < -0.39 is 19.1 Å². The van der Waals surface area contributed by atoms with Gasteiger partial charge in [-0.25, -0.2) is 0 Å². The highest BCUT2D eigenvalue weighted by Crippen LogP contribution is 2.25. The van der Waals surface area contributed by atoms with Gasteiger partial charge in [-0.2, -0.15) is 10.5 Å². The number of hydrogen-bond donors (Lipinski definition) is 3. The van der Waals surface area contributed by atoms with Gasteiger partial charge < -0.3 is 20.1 Å². The minimum Gasteiger partial charge on any atom is -0.489 e. The van der Waals surface area contributed by atoms with Crippen molar-refractivity contribution in [3.8, 4) is 17.9 Å². The van der Waals surface area contributed by atoms with Crippen molar-refractivity contribution in [2.24, 2.45) is 0 Å². The van der Waals surface area contributed by atoms with E-state index in [0.29, 0.717) is 23.1 Å². The Balaban J connectivity index is 2.08. The second kappa shape index (κ2) is 10.5. The van der Waals surface area contributed by atoms with Gasteiger partial charge in [0.1, 0.15) is 12.4 Å². The fourth-order valence-corrected chi connectivity index (χ4v) is 3.05. The summed E-state index contributed by atoms with van der Waals surface area (Å²) in [7, 11) is -1.75. The number of nitriles is 2. The number of carbonyl (C=O) groups excluding carboxylic acids is 1. The quantitative estimate of drug-likeness (QED) is 0.566. The number of halogens is 1. The normalized spacial score (nSPS) is 11.1. The summed E-state index contributed by atoms with van der Waals surface area (Å²) in [6.45, 7) is 1.77. The molecule has 29 heavy (non-hydrogen) atoms. The Morgan fingerprint density at radius 3 is 2.48 bits per heavy atom. The van der Waals surface area contributed by atoms with Crippen molar-refractivity contribution >= 4 is 30.1 Å². The van der Waals surface area contributed by atoms with E-state index in [1.54, 1.807) is 12.1 Å². The van der Waals surface area contributed by atoms with Crippen LogP contribution < -0.4 is 15.5 Å². The number of amides is 1. The van der Waals surface area contributed by atoms with Crippen LogP contribution in [0.15, 0.2) is 36.4 Å². The van der Waals surface area contributed by atoms with Crippen molar-refractivity contribution in [2.75, 3.05) is 6.61 Å². The summed E-state index contributed by atoms with van der Waals surface area (Å²) >= 11 is 6.26. The molecule has 0 aliphatic carbocycles. The zero-order valence-corrected chi connectivity index (χ0v) is 16.5. The predicted octanol–water partition coefficient (Wildman–Crippen LogP) is 1.54. The summed E-state index contributed by atoms with van der Waals surface area (Å²) in [4.78, 5) is 12.3. The molecule has 3 N–H and O–H groups in total. The second-order valence-electron chi connectivity index (χ2n) is 6.23. The highest BCUT2D eigenvalue weighted by atomic mass is 35.5. The van der Waals surface area contributed by atoms with E-state index in [1.807, 2.05) is 19.1 Å². The molecule has 0 fully saturated rings. The van der Waals surface area contributed by atoms with Gasteiger partial charge in [-0.3, -0.25) is 4.79 Å². The number of nitrogens with zero attached hydrogens (tertiary/aromatic N) is 2. The molecule has 0 saturated heterocycles. The van der Waals surface area contributed by atoms with E-state index >= 15 is 0 Å². The van der Waals surface area contributed by atoms with E-state index in [2.05, 4.69) is 5.32 Å². The van der Waals surface area contributed by atoms with Crippen LogP contribution in [-0.2, 0) is 6.42 Å². The summed E-state index contributed by atoms with van der Waals surface area (Å²) in [5, 5.41) is 40.0. The molecular formula is C20H19BClN3O4. The minimum absolute atomic E-state index is 0.0565. The standard InChI is InChI=1S/C20H19BClN3O4/c1-2-3-14-8-9-17(19(22)18(14)21(27)28)29-12-16(11-24)25-20(26)15-6-4-13(10-23)5-7-15/h4-9,16,27-28H,2-3,12H2,1H3,(H,25,26). The number of aryl methyl sites for hydroxylation is 1. The third kappa shape index (κ3) is 5.72. The predicted molar refractivity (Wildman–Crippen MR) is 109 cm³/mol. The molecule has 0 radical (unpaired) electrons. The Hall–Kier alpha value is -3.04. The molecule has 0 bridgehead atoms. The maximum Gasteiger partial charge on any atom is 0.490 e. The molecule has 9 heteroatoms.